The number of benzene rings is 2. The Morgan fingerprint density at radius 3 is 1.38 bits per heavy atom. The van der Waals surface area contributed by atoms with E-state index in [0.29, 0.717) is 10.5 Å². The van der Waals surface area contributed by atoms with Gasteiger partial charge in [0.05, 0.1) is 11.1 Å². The van der Waals surface area contributed by atoms with Crippen LogP contribution in [0.3, 0.4) is 0 Å². The van der Waals surface area contributed by atoms with Crippen molar-refractivity contribution in [3.05, 3.63) is 57.6 Å². The zero-order chi connectivity index (χ0) is 33.2. The highest BCUT2D eigenvalue weighted by molar-refractivity contribution is 8.17. The van der Waals surface area contributed by atoms with E-state index >= 15 is 0 Å². The van der Waals surface area contributed by atoms with Crippen LogP contribution in [0, 0.1) is 23.7 Å². The second-order valence-corrected chi connectivity index (χ2v) is 19.2. The number of ether oxygens (including phenoxy) is 2. The quantitative estimate of drug-likeness (QED) is 0.210. The monoisotopic (exact) mass is 644 g/mol. The maximum Gasteiger partial charge on any atom is 0.245 e. The summed E-state index contributed by atoms with van der Waals surface area (Å²) in [7, 11) is -0.208. The number of fused-ring (bicyclic) bond motifs is 3. The van der Waals surface area contributed by atoms with Gasteiger partial charge >= 0.3 is 0 Å². The standard InChI is InChI=1S/C41H56O2S2/c1-13-19-29-23-33(39(3,4)5)25-31-27-44(11)35-21-17-15-16-18-22-36(35)45(12)28-32-26-34(40(6,7)8)24-30(20-14-2)38(32)43-41(9,10)42-37(29)31/h23-26,35-36H,11-12,15-18,21-22,27-28H2,1-10H3. The summed E-state index contributed by atoms with van der Waals surface area (Å²) in [5.41, 5.74) is 6.73. The van der Waals surface area contributed by atoms with Crippen molar-refractivity contribution in [3.8, 4) is 35.2 Å². The lowest BCUT2D eigenvalue weighted by Crippen LogP contribution is -2.36. The fraction of sp³-hybridized carbons (Fsp3) is 0.561. The van der Waals surface area contributed by atoms with Gasteiger partial charge in [-0.25, -0.2) is 0 Å². The van der Waals surface area contributed by atoms with E-state index in [0.717, 1.165) is 34.1 Å². The van der Waals surface area contributed by atoms with Gasteiger partial charge < -0.3 is 9.47 Å². The summed E-state index contributed by atoms with van der Waals surface area (Å²) < 4.78 is 14.0. The van der Waals surface area contributed by atoms with Crippen LogP contribution >= 0.6 is 21.0 Å². The van der Waals surface area contributed by atoms with Crippen LogP contribution < -0.4 is 9.47 Å². The Kier molecular flexibility index (Phi) is 11.2. The van der Waals surface area contributed by atoms with Crippen LogP contribution in [0.5, 0.6) is 11.5 Å². The summed E-state index contributed by atoms with van der Waals surface area (Å²) in [4.78, 5) is 0. The van der Waals surface area contributed by atoms with E-state index in [-0.39, 0.29) is 31.8 Å². The van der Waals surface area contributed by atoms with Gasteiger partial charge in [0.25, 0.3) is 0 Å². The van der Waals surface area contributed by atoms with Gasteiger partial charge in [-0.05, 0) is 60.8 Å². The van der Waals surface area contributed by atoms with Gasteiger partial charge in [-0.2, -0.15) is 21.0 Å². The van der Waals surface area contributed by atoms with E-state index in [4.69, 9.17) is 21.2 Å². The van der Waals surface area contributed by atoms with Crippen LogP contribution in [0.2, 0.25) is 0 Å². The van der Waals surface area contributed by atoms with E-state index in [1.807, 2.05) is 27.7 Å². The fourth-order valence-electron chi connectivity index (χ4n) is 6.46. The molecule has 0 amide bonds. The predicted molar refractivity (Wildman–Crippen MR) is 203 cm³/mol. The first kappa shape index (κ1) is 35.5. The summed E-state index contributed by atoms with van der Waals surface area (Å²) in [6, 6.07) is 9.15. The van der Waals surface area contributed by atoms with Crippen LogP contribution in [-0.2, 0) is 22.3 Å². The van der Waals surface area contributed by atoms with E-state index in [2.05, 4.69) is 89.5 Å². The molecule has 1 heterocycles. The topological polar surface area (TPSA) is 18.5 Å². The van der Waals surface area contributed by atoms with Crippen molar-refractivity contribution in [2.45, 2.75) is 146 Å². The minimum absolute atomic E-state index is 0.0216. The molecule has 0 radical (unpaired) electrons. The van der Waals surface area contributed by atoms with Crippen molar-refractivity contribution in [1.82, 2.24) is 0 Å². The summed E-state index contributed by atoms with van der Waals surface area (Å²) in [6.07, 6.45) is 7.61. The highest BCUT2D eigenvalue weighted by atomic mass is 32.2. The number of rotatable bonds is 0. The van der Waals surface area contributed by atoms with Crippen LogP contribution in [0.25, 0.3) is 0 Å². The highest BCUT2D eigenvalue weighted by Gasteiger charge is 2.33. The Labute approximate surface area is 280 Å². The molecule has 2 aliphatic rings. The number of hydrogen-bond donors (Lipinski definition) is 0. The fourth-order valence-corrected chi connectivity index (χ4v) is 11.2. The van der Waals surface area contributed by atoms with Gasteiger partial charge in [0, 0.05) is 47.0 Å². The lowest BCUT2D eigenvalue weighted by atomic mass is 9.84. The smallest absolute Gasteiger partial charge is 0.245 e. The zero-order valence-corrected chi connectivity index (χ0v) is 31.3. The predicted octanol–water partition coefficient (Wildman–Crippen LogP) is 10.7. The molecule has 1 aliphatic carbocycles. The first-order valence-corrected chi connectivity index (χ1v) is 19.9. The Hall–Kier alpha value is -2.40. The Morgan fingerprint density at radius 2 is 1.04 bits per heavy atom. The zero-order valence-electron chi connectivity index (χ0n) is 29.7. The summed E-state index contributed by atoms with van der Waals surface area (Å²) in [5, 5.41) is 1.05. The number of hydrogen-bond acceptors (Lipinski definition) is 2. The van der Waals surface area contributed by atoms with E-state index < -0.39 is 5.79 Å². The average Bonchev–Trinajstić information content (AvgIpc) is 2.90. The van der Waals surface area contributed by atoms with Crippen LogP contribution in [0.1, 0.15) is 141 Å². The third-order valence-corrected chi connectivity index (χ3v) is 13.3. The van der Waals surface area contributed by atoms with E-state index in [9.17, 15) is 0 Å². The molecular weight excluding hydrogens is 589 g/mol. The molecule has 4 atom stereocenters. The van der Waals surface area contributed by atoms with Crippen molar-refractivity contribution in [1.29, 1.82) is 0 Å². The van der Waals surface area contributed by atoms with Crippen molar-refractivity contribution in [3.63, 3.8) is 0 Å². The van der Waals surface area contributed by atoms with Gasteiger partial charge in [0.2, 0.25) is 5.79 Å². The molecule has 1 fully saturated rings. The SMILES string of the molecule is C=S1Cc2cc(C(C)(C)C)cc(C#CC)c2OC(C)(C)Oc2c(C#CC)cc(C(C)(C)C)cc2CS(=C)C2CCCCCCC21. The molecule has 45 heavy (non-hydrogen) atoms. The Morgan fingerprint density at radius 1 is 0.667 bits per heavy atom. The lowest BCUT2D eigenvalue weighted by Gasteiger charge is -2.34. The molecule has 244 valence electrons. The minimum Gasteiger partial charge on any atom is -0.451 e. The molecule has 0 aromatic heterocycles. The maximum absolute atomic E-state index is 6.98. The van der Waals surface area contributed by atoms with Gasteiger partial charge in [0.1, 0.15) is 11.5 Å². The normalized spacial score (nSPS) is 23.9. The molecule has 4 rings (SSSR count). The third kappa shape index (κ3) is 8.70. The van der Waals surface area contributed by atoms with Crippen LogP contribution in [-0.4, -0.2) is 28.0 Å². The second-order valence-electron chi connectivity index (χ2n) is 15.3. The van der Waals surface area contributed by atoms with Gasteiger partial charge in [-0.15, -0.1) is 11.8 Å². The van der Waals surface area contributed by atoms with Gasteiger partial charge in [0.15, 0.2) is 0 Å². The van der Waals surface area contributed by atoms with Crippen LogP contribution in [0.15, 0.2) is 24.3 Å². The van der Waals surface area contributed by atoms with Crippen molar-refractivity contribution < 1.29 is 9.47 Å². The molecule has 2 aromatic rings. The molecule has 0 bridgehead atoms. The molecular formula is C41H56O2S2. The average molecular weight is 645 g/mol. The molecule has 0 spiro atoms. The largest absolute Gasteiger partial charge is 0.451 e. The minimum atomic E-state index is -0.973. The van der Waals surface area contributed by atoms with Gasteiger partial charge in [-0.3, -0.25) is 0 Å². The first-order valence-electron chi connectivity index (χ1n) is 16.6. The van der Waals surface area contributed by atoms with Crippen LogP contribution in [0.4, 0.5) is 0 Å². The third-order valence-electron chi connectivity index (χ3n) is 8.96. The molecule has 2 nitrogen and oxygen atoms in total. The molecule has 0 N–H and O–H groups in total. The summed E-state index contributed by atoms with van der Waals surface area (Å²) >= 11 is 0. The lowest BCUT2D eigenvalue weighted by molar-refractivity contribution is -0.0822. The first-order chi connectivity index (χ1) is 21.0. The van der Waals surface area contributed by atoms with Crippen molar-refractivity contribution in [2.75, 3.05) is 0 Å². The highest BCUT2D eigenvalue weighted by Crippen LogP contribution is 2.47. The van der Waals surface area contributed by atoms with E-state index in [1.54, 1.807) is 0 Å². The van der Waals surface area contributed by atoms with Gasteiger partial charge in [-0.1, -0.05) is 103 Å². The molecule has 0 saturated heterocycles. The maximum atomic E-state index is 6.98. The molecule has 1 aliphatic heterocycles. The van der Waals surface area contributed by atoms with Crippen molar-refractivity contribution >= 4 is 32.7 Å². The Balaban J connectivity index is 2.02. The second kappa shape index (κ2) is 14.2. The van der Waals surface area contributed by atoms with E-state index in [1.165, 1.54) is 60.8 Å². The Bertz CT molecular complexity index is 1460. The molecule has 1 saturated carbocycles. The van der Waals surface area contributed by atoms with Crippen molar-refractivity contribution in [2.24, 2.45) is 0 Å². The molecule has 2 aromatic carbocycles. The summed E-state index contributed by atoms with van der Waals surface area (Å²) in [5.74, 6) is 25.4. The molecule has 4 heteroatoms. The summed E-state index contributed by atoms with van der Waals surface area (Å²) in [6.45, 7) is 21.5. The molecule has 4 unspecified atom stereocenters.